The van der Waals surface area contributed by atoms with E-state index in [0.29, 0.717) is 27.6 Å². The molecule has 0 aliphatic carbocycles. The van der Waals surface area contributed by atoms with Crippen LogP contribution in [0.1, 0.15) is 49.9 Å². The second-order valence-electron chi connectivity index (χ2n) is 8.59. The van der Waals surface area contributed by atoms with Crippen molar-refractivity contribution in [2.45, 2.75) is 45.7 Å². The van der Waals surface area contributed by atoms with Crippen molar-refractivity contribution in [3.8, 4) is 10.4 Å². The van der Waals surface area contributed by atoms with Gasteiger partial charge in [0, 0.05) is 22.7 Å². The van der Waals surface area contributed by atoms with Crippen molar-refractivity contribution in [3.05, 3.63) is 79.5 Å². The fraction of sp³-hybridized carbons (Fsp3) is 0.320. The highest BCUT2D eigenvalue weighted by Gasteiger charge is 2.27. The Morgan fingerprint density at radius 3 is 2.41 bits per heavy atom. The number of aromatic nitrogens is 1. The number of aryl methyl sites for hydroxylation is 1. The topological polar surface area (TPSA) is 88.4 Å². The van der Waals surface area contributed by atoms with Crippen LogP contribution in [0.25, 0.3) is 10.4 Å². The second kappa shape index (κ2) is 11.2. The van der Waals surface area contributed by atoms with Crippen LogP contribution in [-0.2, 0) is 9.59 Å². The Bertz CT molecular complexity index is 1230. The highest BCUT2D eigenvalue weighted by Crippen LogP contribution is 2.39. The van der Waals surface area contributed by atoms with Crippen LogP contribution >= 0.6 is 34.5 Å². The average Bonchev–Trinajstić information content (AvgIpc) is 3.21. The van der Waals surface area contributed by atoms with Crippen molar-refractivity contribution in [2.75, 3.05) is 0 Å². The van der Waals surface area contributed by atoms with E-state index in [9.17, 15) is 19.5 Å². The van der Waals surface area contributed by atoms with Crippen LogP contribution in [0.5, 0.6) is 0 Å². The minimum Gasteiger partial charge on any atom is -0.481 e. The van der Waals surface area contributed by atoms with Crippen LogP contribution in [0.3, 0.4) is 0 Å². The van der Waals surface area contributed by atoms with Gasteiger partial charge in [0.2, 0.25) is 5.91 Å². The maximum absolute atomic E-state index is 13.4. The van der Waals surface area contributed by atoms with Gasteiger partial charge in [-0.2, -0.15) is 0 Å². The van der Waals surface area contributed by atoms with Gasteiger partial charge in [0.25, 0.3) is 5.56 Å². The van der Waals surface area contributed by atoms with Gasteiger partial charge in [-0.1, -0.05) is 43.1 Å². The number of hydrogen-bond acceptors (Lipinski definition) is 4. The first kappa shape index (κ1) is 26.0. The Morgan fingerprint density at radius 1 is 1.15 bits per heavy atom. The lowest BCUT2D eigenvalue weighted by Gasteiger charge is -2.24. The summed E-state index contributed by atoms with van der Waals surface area (Å²) in [7, 11) is 0. The summed E-state index contributed by atoms with van der Waals surface area (Å²) in [6.07, 6.45) is 1.73. The Hall–Kier alpha value is -2.61. The molecule has 3 rings (SSSR count). The van der Waals surface area contributed by atoms with Crippen molar-refractivity contribution in [2.24, 2.45) is 5.92 Å². The zero-order valence-corrected chi connectivity index (χ0v) is 21.4. The van der Waals surface area contributed by atoms with E-state index in [1.54, 1.807) is 41.9 Å². The van der Waals surface area contributed by atoms with E-state index in [1.807, 2.05) is 20.8 Å². The summed E-state index contributed by atoms with van der Waals surface area (Å²) in [6.45, 7) is 5.74. The zero-order valence-electron chi connectivity index (χ0n) is 19.0. The number of thiophene rings is 1. The molecule has 0 aliphatic rings. The van der Waals surface area contributed by atoms with Crippen molar-refractivity contribution in [1.29, 1.82) is 0 Å². The number of pyridine rings is 1. The average molecular weight is 521 g/mol. The number of halogens is 2. The van der Waals surface area contributed by atoms with Gasteiger partial charge in [-0.05, 0) is 60.0 Å². The molecule has 34 heavy (non-hydrogen) atoms. The highest BCUT2D eigenvalue weighted by atomic mass is 35.5. The van der Waals surface area contributed by atoms with Crippen molar-refractivity contribution in [3.63, 3.8) is 0 Å². The van der Waals surface area contributed by atoms with Crippen LogP contribution in [0.2, 0.25) is 10.0 Å². The Labute approximate surface area is 212 Å². The molecule has 0 saturated heterocycles. The van der Waals surface area contributed by atoms with E-state index < -0.39 is 24.0 Å². The summed E-state index contributed by atoms with van der Waals surface area (Å²) in [4.78, 5) is 38.3. The number of amides is 1. The number of rotatable bonds is 9. The Kier molecular flexibility index (Phi) is 8.57. The number of nitrogens with one attached hydrogen (secondary N) is 1. The summed E-state index contributed by atoms with van der Waals surface area (Å²) < 4.78 is 1.41. The molecule has 9 heteroatoms. The second-order valence-corrected chi connectivity index (χ2v) is 10.3. The summed E-state index contributed by atoms with van der Waals surface area (Å²) in [5, 5.41) is 15.1. The van der Waals surface area contributed by atoms with Crippen molar-refractivity contribution in [1.82, 2.24) is 9.88 Å². The van der Waals surface area contributed by atoms with Crippen molar-refractivity contribution >= 4 is 46.4 Å². The predicted molar refractivity (Wildman–Crippen MR) is 137 cm³/mol. The summed E-state index contributed by atoms with van der Waals surface area (Å²) in [5.74, 6) is -1.33. The monoisotopic (exact) mass is 520 g/mol. The number of hydrogen-bond donors (Lipinski definition) is 2. The third kappa shape index (κ3) is 6.29. The smallest absolute Gasteiger partial charge is 0.305 e. The molecule has 0 radical (unpaired) electrons. The van der Waals surface area contributed by atoms with Gasteiger partial charge in [0.05, 0.1) is 22.5 Å². The molecule has 2 N–H and O–H groups in total. The molecule has 0 saturated carbocycles. The number of benzene rings is 1. The first-order valence-corrected chi connectivity index (χ1v) is 12.4. The highest BCUT2D eigenvalue weighted by molar-refractivity contribution is 7.13. The van der Waals surface area contributed by atoms with Crippen LogP contribution in [-0.4, -0.2) is 21.6 Å². The number of carboxylic acids is 1. The lowest BCUT2D eigenvalue weighted by molar-refractivity contribution is -0.138. The first-order chi connectivity index (χ1) is 16.1. The lowest BCUT2D eigenvalue weighted by atomic mass is 10.0. The molecule has 0 fully saturated rings. The number of carbonyl (C=O) groups is 2. The van der Waals surface area contributed by atoms with E-state index in [1.165, 1.54) is 22.0 Å². The minimum atomic E-state index is -1.05. The van der Waals surface area contributed by atoms with Gasteiger partial charge in [0.15, 0.2) is 0 Å². The third-order valence-electron chi connectivity index (χ3n) is 5.36. The molecule has 1 amide bonds. The van der Waals surface area contributed by atoms with Crippen LogP contribution in [0, 0.1) is 12.8 Å². The maximum Gasteiger partial charge on any atom is 0.305 e. The summed E-state index contributed by atoms with van der Waals surface area (Å²) in [5.41, 5.74) is 1.82. The molecular weight excluding hydrogens is 495 g/mol. The van der Waals surface area contributed by atoms with E-state index in [-0.39, 0.29) is 17.9 Å². The summed E-state index contributed by atoms with van der Waals surface area (Å²) >= 11 is 14.0. The molecular formula is C25H26Cl2N2O4S. The predicted octanol–water partition coefficient (Wildman–Crippen LogP) is 6.11. The molecule has 180 valence electrons. The van der Waals surface area contributed by atoms with E-state index in [2.05, 4.69) is 5.32 Å². The van der Waals surface area contributed by atoms with E-state index in [0.717, 1.165) is 10.4 Å². The number of aliphatic carboxylic acids is 1. The Morgan fingerprint density at radius 2 is 1.82 bits per heavy atom. The molecule has 3 aromatic rings. The largest absolute Gasteiger partial charge is 0.481 e. The van der Waals surface area contributed by atoms with Gasteiger partial charge < -0.3 is 15.0 Å². The molecule has 2 unspecified atom stereocenters. The van der Waals surface area contributed by atoms with Gasteiger partial charge in [0.1, 0.15) is 6.04 Å². The van der Waals surface area contributed by atoms with E-state index >= 15 is 0 Å². The normalized spacial score (nSPS) is 13.0. The lowest BCUT2D eigenvalue weighted by Crippen LogP contribution is -2.40. The number of carbonyl (C=O) groups excluding carboxylic acids is 1. The Balaban J connectivity index is 1.94. The van der Waals surface area contributed by atoms with Gasteiger partial charge >= 0.3 is 5.97 Å². The molecule has 0 aliphatic heterocycles. The zero-order chi connectivity index (χ0) is 25.0. The number of nitrogens with zero attached hydrogens (tertiary/aromatic N) is 1. The standard InChI is InChI=1S/C25H26Cl2N2O4S/c1-14(2)9-20(29-8-7-15(3)10-22(29)30)25(33)28-19(12-23(31)32)16-11-21(34-13-16)24-17(26)5-4-6-18(24)27/h4-8,10-11,13-14,19-20H,9,12H2,1-3H3,(H,28,33)(H,31,32). The van der Waals surface area contributed by atoms with Gasteiger partial charge in [-0.25, -0.2) is 0 Å². The quantitative estimate of drug-likeness (QED) is 0.356. The SMILES string of the molecule is Cc1ccn(C(CC(C)C)C(=O)NC(CC(=O)O)c2csc(-c3c(Cl)cccc3Cl)c2)c(=O)c1. The molecule has 2 atom stereocenters. The van der Waals surface area contributed by atoms with E-state index in [4.69, 9.17) is 23.2 Å². The molecule has 2 heterocycles. The maximum atomic E-state index is 13.4. The minimum absolute atomic E-state index is 0.136. The molecule has 0 spiro atoms. The fourth-order valence-corrected chi connectivity index (χ4v) is 5.48. The molecule has 1 aromatic carbocycles. The van der Waals surface area contributed by atoms with Crippen LogP contribution in [0.4, 0.5) is 0 Å². The molecule has 0 bridgehead atoms. The molecule has 6 nitrogen and oxygen atoms in total. The third-order valence-corrected chi connectivity index (χ3v) is 6.96. The summed E-state index contributed by atoms with van der Waals surface area (Å²) in [6, 6.07) is 8.71. The van der Waals surface area contributed by atoms with Crippen LogP contribution in [0.15, 0.2) is 52.8 Å². The van der Waals surface area contributed by atoms with Gasteiger partial charge in [-0.3, -0.25) is 14.4 Å². The van der Waals surface area contributed by atoms with Gasteiger partial charge in [-0.15, -0.1) is 11.3 Å². The van der Waals surface area contributed by atoms with Crippen molar-refractivity contribution < 1.29 is 14.7 Å². The fourth-order valence-electron chi connectivity index (χ4n) is 3.73. The molecule has 2 aromatic heterocycles. The first-order valence-electron chi connectivity index (χ1n) is 10.8. The number of carboxylic acid groups (broad SMARTS) is 1. The van der Waals surface area contributed by atoms with Crippen LogP contribution < -0.4 is 10.9 Å².